The molecule has 3 rings (SSSR count). The maximum absolute atomic E-state index is 12.0. The van der Waals surface area contributed by atoms with E-state index in [2.05, 4.69) is 39.0 Å². The predicted molar refractivity (Wildman–Crippen MR) is 65.9 cm³/mol. The van der Waals surface area contributed by atoms with E-state index in [1.54, 1.807) is 0 Å². The highest BCUT2D eigenvalue weighted by Crippen LogP contribution is 2.60. The molecule has 2 unspecified atom stereocenters. The van der Waals surface area contributed by atoms with Crippen LogP contribution in [0.3, 0.4) is 0 Å². The van der Waals surface area contributed by atoms with Crippen molar-refractivity contribution in [3.8, 4) is 0 Å². The SMILES string of the molecule is CC(C)(C)c1ccccc1C12CC1COC2=O. The number of carbonyl (C=O) groups is 1. The molecule has 0 aromatic heterocycles. The standard InChI is InChI=1S/C15H18O2/c1-14(2,3)11-6-4-5-7-12(11)15-8-10(15)9-17-13(15)16/h4-7,10H,8-9H2,1-3H3. The Kier molecular flexibility index (Phi) is 1.99. The highest BCUT2D eigenvalue weighted by atomic mass is 16.5. The van der Waals surface area contributed by atoms with Crippen molar-refractivity contribution in [2.24, 2.45) is 5.92 Å². The van der Waals surface area contributed by atoms with E-state index in [-0.39, 0.29) is 16.8 Å². The largest absolute Gasteiger partial charge is 0.465 e. The van der Waals surface area contributed by atoms with E-state index in [1.807, 2.05) is 6.07 Å². The van der Waals surface area contributed by atoms with E-state index in [0.29, 0.717) is 12.5 Å². The molecule has 0 spiro atoms. The maximum atomic E-state index is 12.0. The van der Waals surface area contributed by atoms with Gasteiger partial charge in [-0.3, -0.25) is 4.79 Å². The minimum absolute atomic E-state index is 0.0146. The molecule has 1 saturated heterocycles. The molecule has 17 heavy (non-hydrogen) atoms. The molecule has 1 saturated carbocycles. The van der Waals surface area contributed by atoms with Crippen LogP contribution in [-0.4, -0.2) is 12.6 Å². The van der Waals surface area contributed by atoms with Gasteiger partial charge in [0.05, 0.1) is 12.0 Å². The quantitative estimate of drug-likeness (QED) is 0.693. The third kappa shape index (κ3) is 1.36. The summed E-state index contributed by atoms with van der Waals surface area (Å²) in [6.45, 7) is 7.19. The van der Waals surface area contributed by atoms with Crippen LogP contribution in [0.1, 0.15) is 38.3 Å². The fraction of sp³-hybridized carbons (Fsp3) is 0.533. The molecule has 0 amide bonds. The Morgan fingerprint density at radius 1 is 1.29 bits per heavy atom. The second-order valence-corrected chi connectivity index (χ2v) is 6.27. The van der Waals surface area contributed by atoms with Crippen molar-refractivity contribution in [2.45, 2.75) is 38.0 Å². The van der Waals surface area contributed by atoms with Gasteiger partial charge in [-0.2, -0.15) is 0 Å². The summed E-state index contributed by atoms with van der Waals surface area (Å²) in [5, 5.41) is 0. The van der Waals surface area contributed by atoms with Crippen molar-refractivity contribution >= 4 is 5.97 Å². The van der Waals surface area contributed by atoms with Crippen LogP contribution < -0.4 is 0 Å². The number of rotatable bonds is 1. The summed E-state index contributed by atoms with van der Waals surface area (Å²) < 4.78 is 5.20. The second-order valence-electron chi connectivity index (χ2n) is 6.27. The molecular formula is C15H18O2. The molecule has 0 bridgehead atoms. The monoisotopic (exact) mass is 230 g/mol. The number of carbonyl (C=O) groups excluding carboxylic acids is 1. The normalized spacial score (nSPS) is 31.0. The average molecular weight is 230 g/mol. The van der Waals surface area contributed by atoms with E-state index in [9.17, 15) is 4.79 Å². The first-order chi connectivity index (χ1) is 7.96. The zero-order valence-corrected chi connectivity index (χ0v) is 10.6. The molecule has 1 heterocycles. The number of ether oxygens (including phenoxy) is 1. The first-order valence-corrected chi connectivity index (χ1v) is 6.23. The van der Waals surface area contributed by atoms with Crippen molar-refractivity contribution < 1.29 is 9.53 Å². The van der Waals surface area contributed by atoms with Gasteiger partial charge in [0.25, 0.3) is 0 Å². The summed E-state index contributed by atoms with van der Waals surface area (Å²) in [5.74, 6) is 0.401. The third-order valence-corrected chi connectivity index (χ3v) is 4.10. The maximum Gasteiger partial charge on any atom is 0.317 e. The Hall–Kier alpha value is -1.31. The molecule has 2 atom stereocenters. The van der Waals surface area contributed by atoms with E-state index >= 15 is 0 Å². The van der Waals surface area contributed by atoms with Gasteiger partial charge < -0.3 is 4.74 Å². The average Bonchev–Trinajstić information content (AvgIpc) is 2.93. The molecule has 2 heteroatoms. The van der Waals surface area contributed by atoms with Crippen molar-refractivity contribution in [3.63, 3.8) is 0 Å². The van der Waals surface area contributed by atoms with Crippen LogP contribution in [-0.2, 0) is 20.4 Å². The van der Waals surface area contributed by atoms with Gasteiger partial charge in [0.15, 0.2) is 0 Å². The van der Waals surface area contributed by atoms with Crippen LogP contribution in [0.4, 0.5) is 0 Å². The molecular weight excluding hydrogens is 212 g/mol. The van der Waals surface area contributed by atoms with E-state index in [0.717, 1.165) is 6.42 Å². The van der Waals surface area contributed by atoms with Gasteiger partial charge in [-0.25, -0.2) is 0 Å². The number of esters is 1. The summed E-state index contributed by atoms with van der Waals surface area (Å²) in [6.07, 6.45) is 0.971. The minimum atomic E-state index is -0.302. The van der Waals surface area contributed by atoms with Crippen LogP contribution in [0, 0.1) is 5.92 Å². The van der Waals surface area contributed by atoms with Crippen molar-refractivity contribution in [2.75, 3.05) is 6.61 Å². The Bertz CT molecular complexity index is 484. The summed E-state index contributed by atoms with van der Waals surface area (Å²) >= 11 is 0. The van der Waals surface area contributed by atoms with Gasteiger partial charge in [0.1, 0.15) is 0 Å². The Morgan fingerprint density at radius 3 is 2.53 bits per heavy atom. The molecule has 1 aromatic carbocycles. The minimum Gasteiger partial charge on any atom is -0.465 e. The first-order valence-electron chi connectivity index (χ1n) is 6.23. The van der Waals surface area contributed by atoms with E-state index < -0.39 is 0 Å². The van der Waals surface area contributed by atoms with Gasteiger partial charge in [0.2, 0.25) is 0 Å². The Labute approximate surface area is 102 Å². The van der Waals surface area contributed by atoms with Crippen molar-refractivity contribution in [1.82, 2.24) is 0 Å². The fourth-order valence-electron chi connectivity index (χ4n) is 3.05. The predicted octanol–water partition coefficient (Wildman–Crippen LogP) is 2.80. The topological polar surface area (TPSA) is 26.3 Å². The molecule has 2 nitrogen and oxygen atoms in total. The van der Waals surface area contributed by atoms with Crippen LogP contribution in [0.25, 0.3) is 0 Å². The summed E-state index contributed by atoms with van der Waals surface area (Å²) in [6, 6.07) is 8.33. The molecule has 2 fully saturated rings. The van der Waals surface area contributed by atoms with Crippen molar-refractivity contribution in [1.29, 1.82) is 0 Å². The molecule has 0 N–H and O–H groups in total. The summed E-state index contributed by atoms with van der Waals surface area (Å²) in [4.78, 5) is 12.0. The molecule has 1 aromatic rings. The van der Waals surface area contributed by atoms with Crippen LogP contribution in [0.5, 0.6) is 0 Å². The number of fused-ring (bicyclic) bond motifs is 1. The number of hydrogen-bond acceptors (Lipinski definition) is 2. The molecule has 1 aliphatic heterocycles. The smallest absolute Gasteiger partial charge is 0.317 e. The third-order valence-electron chi connectivity index (χ3n) is 4.10. The molecule has 90 valence electrons. The second kappa shape index (κ2) is 3.12. The summed E-state index contributed by atoms with van der Waals surface area (Å²) in [7, 11) is 0. The highest BCUT2D eigenvalue weighted by molar-refractivity contribution is 5.90. The lowest BCUT2D eigenvalue weighted by molar-refractivity contribution is -0.142. The molecule has 0 radical (unpaired) electrons. The number of cyclic esters (lactones) is 1. The van der Waals surface area contributed by atoms with Crippen molar-refractivity contribution in [3.05, 3.63) is 35.4 Å². The highest BCUT2D eigenvalue weighted by Gasteiger charge is 2.67. The van der Waals surface area contributed by atoms with Crippen LogP contribution in [0.15, 0.2) is 24.3 Å². The van der Waals surface area contributed by atoms with Crippen LogP contribution >= 0.6 is 0 Å². The number of benzene rings is 1. The van der Waals surface area contributed by atoms with Gasteiger partial charge in [-0.1, -0.05) is 45.0 Å². The Morgan fingerprint density at radius 2 is 2.00 bits per heavy atom. The zero-order valence-electron chi connectivity index (χ0n) is 10.6. The lowest BCUT2D eigenvalue weighted by atomic mass is 9.78. The fourth-order valence-corrected chi connectivity index (χ4v) is 3.05. The van der Waals surface area contributed by atoms with Gasteiger partial charge >= 0.3 is 5.97 Å². The van der Waals surface area contributed by atoms with Gasteiger partial charge in [0, 0.05) is 5.92 Å². The molecule has 2 aliphatic rings. The van der Waals surface area contributed by atoms with E-state index in [4.69, 9.17) is 4.74 Å². The number of hydrogen-bond donors (Lipinski definition) is 0. The first kappa shape index (κ1) is 10.8. The lowest BCUT2D eigenvalue weighted by Crippen LogP contribution is -2.24. The van der Waals surface area contributed by atoms with Gasteiger partial charge in [-0.15, -0.1) is 0 Å². The van der Waals surface area contributed by atoms with E-state index in [1.165, 1.54) is 11.1 Å². The Balaban J connectivity index is 2.14. The van der Waals surface area contributed by atoms with Crippen LogP contribution in [0.2, 0.25) is 0 Å². The zero-order chi connectivity index (χ0) is 12.3. The summed E-state index contributed by atoms with van der Waals surface area (Å²) in [5.41, 5.74) is 2.24. The van der Waals surface area contributed by atoms with Gasteiger partial charge in [-0.05, 0) is 23.0 Å². The lowest BCUT2D eigenvalue weighted by Gasteiger charge is -2.25. The molecule has 1 aliphatic carbocycles.